The van der Waals surface area contributed by atoms with Gasteiger partial charge in [0.2, 0.25) is 11.6 Å². The van der Waals surface area contributed by atoms with E-state index in [-0.39, 0.29) is 0 Å². The van der Waals surface area contributed by atoms with Gasteiger partial charge in [-0.1, -0.05) is 0 Å². The lowest BCUT2D eigenvalue weighted by Crippen LogP contribution is -1.97. The molecule has 3 rings (SSSR count). The van der Waals surface area contributed by atoms with Gasteiger partial charge >= 0.3 is 0 Å². The van der Waals surface area contributed by atoms with Crippen molar-refractivity contribution >= 4 is 21.6 Å². The van der Waals surface area contributed by atoms with Gasteiger partial charge in [-0.15, -0.1) is 11.3 Å². The molecule has 0 fully saturated rings. The molecule has 0 saturated carbocycles. The van der Waals surface area contributed by atoms with Crippen LogP contribution in [0, 0.1) is 6.92 Å². The molecular formula is C15H14N2O3S. The molecule has 6 heteroatoms. The summed E-state index contributed by atoms with van der Waals surface area (Å²) < 4.78 is 16.7. The molecule has 0 unspecified atom stereocenters. The molecule has 0 amide bonds. The van der Waals surface area contributed by atoms with Crippen molar-refractivity contribution < 1.29 is 14.2 Å². The Balaban J connectivity index is 2.11. The molecule has 0 saturated heterocycles. The maximum atomic E-state index is 5.95. The number of hydrogen-bond donors (Lipinski definition) is 0. The Bertz CT molecular complexity index is 760. The van der Waals surface area contributed by atoms with E-state index in [0.717, 1.165) is 15.8 Å². The number of benzene rings is 1. The molecule has 2 heterocycles. The van der Waals surface area contributed by atoms with Gasteiger partial charge in [-0.05, 0) is 36.1 Å². The average Bonchev–Trinajstić information content (AvgIpc) is 2.97. The maximum Gasteiger partial charge on any atom is 0.231 e. The first-order valence-corrected chi connectivity index (χ1v) is 7.19. The van der Waals surface area contributed by atoms with Gasteiger partial charge < -0.3 is 14.2 Å². The number of aryl methyl sites for hydroxylation is 1. The minimum Gasteiger partial charge on any atom is -0.493 e. The molecule has 2 aromatic heterocycles. The summed E-state index contributed by atoms with van der Waals surface area (Å²) >= 11 is 1.54. The fraction of sp³-hybridized carbons (Fsp3) is 0.200. The monoisotopic (exact) mass is 302 g/mol. The summed E-state index contributed by atoms with van der Waals surface area (Å²) in [5, 5.41) is 2.82. The van der Waals surface area contributed by atoms with E-state index in [4.69, 9.17) is 14.2 Å². The first-order valence-electron chi connectivity index (χ1n) is 6.31. The van der Waals surface area contributed by atoms with Crippen molar-refractivity contribution in [2.24, 2.45) is 0 Å². The highest BCUT2D eigenvalue weighted by Crippen LogP contribution is 2.42. The van der Waals surface area contributed by atoms with Crippen molar-refractivity contribution in [2.75, 3.05) is 14.2 Å². The van der Waals surface area contributed by atoms with E-state index in [1.54, 1.807) is 25.6 Å². The van der Waals surface area contributed by atoms with E-state index in [1.165, 1.54) is 6.33 Å². The Kier molecular flexibility index (Phi) is 3.62. The molecule has 0 aliphatic heterocycles. The number of nitrogens with zero attached hydrogens (tertiary/aromatic N) is 2. The normalized spacial score (nSPS) is 10.6. The fourth-order valence-electron chi connectivity index (χ4n) is 2.06. The summed E-state index contributed by atoms with van der Waals surface area (Å²) in [6, 6.07) is 5.72. The van der Waals surface area contributed by atoms with Gasteiger partial charge in [0, 0.05) is 0 Å². The number of rotatable bonds is 4. The summed E-state index contributed by atoms with van der Waals surface area (Å²) in [6.07, 6.45) is 1.49. The predicted molar refractivity (Wildman–Crippen MR) is 81.8 cm³/mol. The standard InChI is InChI=1S/C15H14N2O3S/c1-9-6-11(18-2)13(12(7-9)19-3)20-14-10-4-5-21-15(10)17-8-16-14/h4-8H,1-3H3. The second kappa shape index (κ2) is 5.57. The topological polar surface area (TPSA) is 53.5 Å². The van der Waals surface area contributed by atoms with Gasteiger partial charge in [0.15, 0.2) is 11.5 Å². The molecule has 108 valence electrons. The lowest BCUT2D eigenvalue weighted by Gasteiger charge is -2.14. The molecule has 0 aliphatic carbocycles. The Morgan fingerprint density at radius 2 is 1.76 bits per heavy atom. The van der Waals surface area contributed by atoms with Crippen molar-refractivity contribution in [3.05, 3.63) is 35.5 Å². The highest BCUT2D eigenvalue weighted by molar-refractivity contribution is 7.16. The van der Waals surface area contributed by atoms with E-state index >= 15 is 0 Å². The molecule has 5 nitrogen and oxygen atoms in total. The third-order valence-electron chi connectivity index (χ3n) is 3.03. The summed E-state index contributed by atoms with van der Waals surface area (Å²) in [5.74, 6) is 2.21. The van der Waals surface area contributed by atoms with Crippen molar-refractivity contribution in [2.45, 2.75) is 6.92 Å². The molecule has 0 N–H and O–H groups in total. The molecule has 0 atom stereocenters. The Hall–Kier alpha value is -2.34. The van der Waals surface area contributed by atoms with Crippen molar-refractivity contribution in [3.63, 3.8) is 0 Å². The van der Waals surface area contributed by atoms with Gasteiger partial charge in [-0.25, -0.2) is 9.97 Å². The van der Waals surface area contributed by atoms with Crippen LogP contribution in [0.2, 0.25) is 0 Å². The number of thiophene rings is 1. The molecular weight excluding hydrogens is 288 g/mol. The minimum absolute atomic E-state index is 0.488. The van der Waals surface area contributed by atoms with E-state index in [1.807, 2.05) is 30.5 Å². The number of ether oxygens (including phenoxy) is 3. The van der Waals surface area contributed by atoms with Crippen LogP contribution in [0.1, 0.15) is 5.56 Å². The van der Waals surface area contributed by atoms with Gasteiger partial charge in [0.25, 0.3) is 0 Å². The Morgan fingerprint density at radius 1 is 1.05 bits per heavy atom. The van der Waals surface area contributed by atoms with Crippen LogP contribution in [0.5, 0.6) is 23.1 Å². The predicted octanol–water partition coefficient (Wildman–Crippen LogP) is 3.81. The molecule has 3 aromatic rings. The van der Waals surface area contributed by atoms with Gasteiger partial charge in [0.1, 0.15) is 11.2 Å². The zero-order valence-corrected chi connectivity index (χ0v) is 12.7. The maximum absolute atomic E-state index is 5.95. The summed E-state index contributed by atoms with van der Waals surface area (Å²) in [6.45, 7) is 1.97. The van der Waals surface area contributed by atoms with Crippen LogP contribution in [0.3, 0.4) is 0 Å². The van der Waals surface area contributed by atoms with Gasteiger partial charge in [-0.2, -0.15) is 0 Å². The van der Waals surface area contributed by atoms with Crippen molar-refractivity contribution in [1.29, 1.82) is 0 Å². The molecule has 0 radical (unpaired) electrons. The molecule has 0 spiro atoms. The molecule has 0 bridgehead atoms. The van der Waals surface area contributed by atoms with E-state index < -0.39 is 0 Å². The van der Waals surface area contributed by atoms with E-state index in [9.17, 15) is 0 Å². The van der Waals surface area contributed by atoms with Crippen LogP contribution in [-0.4, -0.2) is 24.2 Å². The van der Waals surface area contributed by atoms with Crippen LogP contribution in [0.25, 0.3) is 10.2 Å². The van der Waals surface area contributed by atoms with Crippen LogP contribution in [0.15, 0.2) is 29.9 Å². The van der Waals surface area contributed by atoms with Crippen LogP contribution >= 0.6 is 11.3 Å². The summed E-state index contributed by atoms with van der Waals surface area (Å²) in [7, 11) is 3.20. The van der Waals surface area contributed by atoms with E-state index in [0.29, 0.717) is 23.1 Å². The second-order valence-electron chi connectivity index (χ2n) is 4.42. The van der Waals surface area contributed by atoms with Crippen molar-refractivity contribution in [1.82, 2.24) is 9.97 Å². The average molecular weight is 302 g/mol. The Morgan fingerprint density at radius 3 is 2.43 bits per heavy atom. The lowest BCUT2D eigenvalue weighted by atomic mass is 10.2. The van der Waals surface area contributed by atoms with Crippen molar-refractivity contribution in [3.8, 4) is 23.1 Å². The largest absolute Gasteiger partial charge is 0.493 e. The highest BCUT2D eigenvalue weighted by atomic mass is 32.1. The number of aromatic nitrogens is 2. The lowest BCUT2D eigenvalue weighted by molar-refractivity contribution is 0.343. The SMILES string of the molecule is COc1cc(C)cc(OC)c1Oc1ncnc2sccc12. The van der Waals surface area contributed by atoms with E-state index in [2.05, 4.69) is 9.97 Å². The van der Waals surface area contributed by atoms with Crippen LogP contribution in [-0.2, 0) is 0 Å². The zero-order chi connectivity index (χ0) is 14.8. The Labute approximate surface area is 126 Å². The van der Waals surface area contributed by atoms with Crippen LogP contribution < -0.4 is 14.2 Å². The number of fused-ring (bicyclic) bond motifs is 1. The molecule has 21 heavy (non-hydrogen) atoms. The highest BCUT2D eigenvalue weighted by Gasteiger charge is 2.16. The number of hydrogen-bond acceptors (Lipinski definition) is 6. The second-order valence-corrected chi connectivity index (χ2v) is 5.31. The quantitative estimate of drug-likeness (QED) is 0.733. The molecule has 0 aliphatic rings. The smallest absolute Gasteiger partial charge is 0.231 e. The third kappa shape index (κ3) is 2.50. The van der Waals surface area contributed by atoms with Gasteiger partial charge in [-0.3, -0.25) is 0 Å². The summed E-state index contributed by atoms with van der Waals surface area (Å²) in [4.78, 5) is 9.30. The first kappa shape index (κ1) is 13.6. The number of methoxy groups -OCH3 is 2. The zero-order valence-electron chi connectivity index (χ0n) is 11.9. The van der Waals surface area contributed by atoms with Gasteiger partial charge in [0.05, 0.1) is 19.6 Å². The van der Waals surface area contributed by atoms with Crippen LogP contribution in [0.4, 0.5) is 0 Å². The first-order chi connectivity index (χ1) is 10.2. The summed E-state index contributed by atoms with van der Waals surface area (Å²) in [5.41, 5.74) is 1.03. The third-order valence-corrected chi connectivity index (χ3v) is 3.85. The molecule has 1 aromatic carbocycles. The fourth-order valence-corrected chi connectivity index (χ4v) is 2.78. The minimum atomic E-state index is 0.488.